The zero-order valence-electron chi connectivity index (χ0n) is 26.2. The van der Waals surface area contributed by atoms with Crippen LogP contribution in [-0.2, 0) is 17.6 Å². The first-order chi connectivity index (χ1) is 19.5. The molecule has 0 saturated carbocycles. The number of hydrogen-bond donors (Lipinski definition) is 6. The predicted molar refractivity (Wildman–Crippen MR) is 165 cm³/mol. The molecule has 234 valence electrons. The van der Waals surface area contributed by atoms with Gasteiger partial charge in [0.05, 0.1) is 24.3 Å². The van der Waals surface area contributed by atoms with Crippen molar-refractivity contribution in [3.8, 4) is 0 Å². The Hall–Kier alpha value is -2.98. The predicted octanol–water partition coefficient (Wildman–Crippen LogP) is 3.60. The number of amides is 2. The molecule has 9 nitrogen and oxygen atoms in total. The summed E-state index contributed by atoms with van der Waals surface area (Å²) in [6.45, 7) is 12.5. The molecule has 0 saturated heterocycles. The Labute approximate surface area is 251 Å². The molecule has 0 aromatic heterocycles. The molecule has 9 heteroatoms. The van der Waals surface area contributed by atoms with Gasteiger partial charge in [0, 0.05) is 18.6 Å². The number of nitrogens with zero attached hydrogens (tertiary/aromatic N) is 1. The van der Waals surface area contributed by atoms with Crippen LogP contribution in [0.25, 0.3) is 0 Å². The Kier molecular flexibility index (Phi) is 12.5. The highest BCUT2D eigenvalue weighted by molar-refractivity contribution is 5.86. The number of carbonyl (C=O) groups is 2. The summed E-state index contributed by atoms with van der Waals surface area (Å²) in [5, 5.41) is 49.7. The zero-order valence-corrected chi connectivity index (χ0v) is 26.2. The van der Waals surface area contributed by atoms with Gasteiger partial charge < -0.3 is 31.1 Å². The van der Waals surface area contributed by atoms with E-state index in [1.54, 1.807) is 48.5 Å². The molecule has 0 aliphatic rings. The molecule has 0 aliphatic heterocycles. The highest BCUT2D eigenvalue weighted by atomic mass is 16.4. The first-order valence-corrected chi connectivity index (χ1v) is 14.7. The number of carboxylic acid groups (broad SMARTS) is 1. The fourth-order valence-electron chi connectivity index (χ4n) is 5.31. The van der Waals surface area contributed by atoms with Crippen LogP contribution < -0.4 is 10.6 Å². The van der Waals surface area contributed by atoms with Crippen molar-refractivity contribution in [3.05, 3.63) is 71.8 Å². The van der Waals surface area contributed by atoms with Crippen molar-refractivity contribution in [1.82, 2.24) is 15.5 Å². The van der Waals surface area contributed by atoms with Gasteiger partial charge >= 0.3 is 6.09 Å². The van der Waals surface area contributed by atoms with Crippen LogP contribution in [0.15, 0.2) is 60.7 Å². The number of aliphatic hydroxyl groups is 3. The largest absolute Gasteiger partial charge is 0.465 e. The number of aliphatic hydroxyl groups excluding tert-OH is 2. The maximum absolute atomic E-state index is 13.3. The summed E-state index contributed by atoms with van der Waals surface area (Å²) in [5.74, 6) is -0.553. The number of rotatable bonds is 14. The molecule has 0 radical (unpaired) electrons. The lowest BCUT2D eigenvalue weighted by atomic mass is 9.74. The van der Waals surface area contributed by atoms with Gasteiger partial charge in [-0.2, -0.15) is 0 Å². The summed E-state index contributed by atoms with van der Waals surface area (Å²) in [6, 6.07) is 17.4. The monoisotopic (exact) mass is 585 g/mol. The molecule has 0 heterocycles. The average molecular weight is 586 g/mol. The van der Waals surface area contributed by atoms with Gasteiger partial charge in [0.1, 0.15) is 5.60 Å². The first-order valence-electron chi connectivity index (χ1n) is 14.7. The number of nitrogens with one attached hydrogen (secondary N) is 2. The summed E-state index contributed by atoms with van der Waals surface area (Å²) in [4.78, 5) is 26.9. The van der Waals surface area contributed by atoms with Crippen LogP contribution in [0.4, 0.5) is 4.79 Å². The minimum atomic E-state index is -1.64. The first kappa shape index (κ1) is 35.2. The molecular formula is C33H51N3O6. The molecule has 1 unspecified atom stereocenters. The molecule has 42 heavy (non-hydrogen) atoms. The van der Waals surface area contributed by atoms with E-state index in [1.807, 2.05) is 60.7 Å². The third-order valence-corrected chi connectivity index (χ3v) is 7.91. The Morgan fingerprint density at radius 2 is 1.29 bits per heavy atom. The van der Waals surface area contributed by atoms with E-state index in [2.05, 4.69) is 10.6 Å². The van der Waals surface area contributed by atoms with Crippen molar-refractivity contribution in [3.63, 3.8) is 0 Å². The Bertz CT molecular complexity index is 1120. The van der Waals surface area contributed by atoms with Crippen molar-refractivity contribution in [2.45, 2.75) is 103 Å². The molecule has 0 aliphatic carbocycles. The standard InChI is InChI=1S/C33H51N3O6/c1-8-33(42,31(2,3)4)29(39)35-25(19-23-15-11-9-12-16-23)27(37)21-34-22-28(38)26(20-24-17-13-10-14-18-24)36(30(40)41)32(5,6)7/h9-18,25-28,34,37-38,42H,8,19-22H2,1-7H3,(H,35,39)(H,40,41)/t25-,26-,27+,28+,33?/m0/s1. The van der Waals surface area contributed by atoms with E-state index in [4.69, 9.17) is 0 Å². The van der Waals surface area contributed by atoms with Gasteiger partial charge in [-0.3, -0.25) is 9.69 Å². The summed E-state index contributed by atoms with van der Waals surface area (Å²) in [7, 11) is 0. The van der Waals surface area contributed by atoms with Crippen LogP contribution >= 0.6 is 0 Å². The van der Waals surface area contributed by atoms with Gasteiger partial charge in [0.15, 0.2) is 0 Å². The summed E-state index contributed by atoms with van der Waals surface area (Å²) in [6.07, 6.45) is -2.43. The molecule has 6 N–H and O–H groups in total. The van der Waals surface area contributed by atoms with Crippen LogP contribution in [0.1, 0.15) is 66.0 Å². The lowest BCUT2D eigenvalue weighted by molar-refractivity contribution is -0.154. The van der Waals surface area contributed by atoms with Gasteiger partial charge in [-0.15, -0.1) is 0 Å². The third kappa shape index (κ3) is 9.52. The van der Waals surface area contributed by atoms with Crippen molar-refractivity contribution in [1.29, 1.82) is 0 Å². The number of carbonyl (C=O) groups excluding carboxylic acids is 1. The number of hydrogen-bond acceptors (Lipinski definition) is 6. The molecule has 2 aromatic carbocycles. The Morgan fingerprint density at radius 1 is 0.810 bits per heavy atom. The second-order valence-corrected chi connectivity index (χ2v) is 13.1. The van der Waals surface area contributed by atoms with E-state index in [0.717, 1.165) is 11.1 Å². The van der Waals surface area contributed by atoms with E-state index in [1.165, 1.54) is 4.90 Å². The van der Waals surface area contributed by atoms with E-state index < -0.39 is 52.8 Å². The van der Waals surface area contributed by atoms with Crippen molar-refractivity contribution < 1.29 is 30.0 Å². The van der Waals surface area contributed by atoms with Crippen molar-refractivity contribution >= 4 is 12.0 Å². The zero-order chi connectivity index (χ0) is 31.7. The smallest absolute Gasteiger partial charge is 0.408 e. The second kappa shape index (κ2) is 15.0. The molecule has 0 fully saturated rings. The molecule has 0 bridgehead atoms. The lowest BCUT2D eigenvalue weighted by Gasteiger charge is -2.42. The van der Waals surface area contributed by atoms with Gasteiger partial charge in [-0.05, 0) is 56.6 Å². The second-order valence-electron chi connectivity index (χ2n) is 13.1. The van der Waals surface area contributed by atoms with Crippen molar-refractivity contribution in [2.75, 3.05) is 13.1 Å². The third-order valence-electron chi connectivity index (χ3n) is 7.91. The van der Waals surface area contributed by atoms with Crippen LogP contribution in [0.3, 0.4) is 0 Å². The van der Waals surface area contributed by atoms with Crippen LogP contribution in [0, 0.1) is 5.41 Å². The number of benzene rings is 2. The Balaban J connectivity index is 2.21. The van der Waals surface area contributed by atoms with Gasteiger partial charge in [0.25, 0.3) is 5.91 Å². The van der Waals surface area contributed by atoms with E-state index in [0.29, 0.717) is 12.8 Å². The van der Waals surface area contributed by atoms with Gasteiger partial charge in [-0.25, -0.2) is 4.79 Å². The fraction of sp³-hybridized carbons (Fsp3) is 0.576. The summed E-state index contributed by atoms with van der Waals surface area (Å²) < 4.78 is 0. The lowest BCUT2D eigenvalue weighted by Crippen LogP contribution is -2.60. The van der Waals surface area contributed by atoms with E-state index in [9.17, 15) is 30.0 Å². The normalized spacial score (nSPS) is 16.5. The molecule has 2 aromatic rings. The summed E-state index contributed by atoms with van der Waals surface area (Å²) in [5.41, 5.74) is -1.33. The molecule has 0 spiro atoms. The van der Waals surface area contributed by atoms with Crippen LogP contribution in [0.5, 0.6) is 0 Å². The fourth-order valence-corrected chi connectivity index (χ4v) is 5.31. The molecule has 2 rings (SSSR count). The topological polar surface area (TPSA) is 142 Å². The Morgan fingerprint density at radius 3 is 1.71 bits per heavy atom. The van der Waals surface area contributed by atoms with Crippen LogP contribution in [-0.4, -0.2) is 85.8 Å². The molecule has 2 amide bonds. The van der Waals surface area contributed by atoms with Crippen LogP contribution in [0.2, 0.25) is 0 Å². The average Bonchev–Trinajstić information content (AvgIpc) is 2.91. The van der Waals surface area contributed by atoms with Gasteiger partial charge in [-0.1, -0.05) is 88.4 Å². The highest BCUT2D eigenvalue weighted by Crippen LogP contribution is 2.33. The molecular weight excluding hydrogens is 534 g/mol. The highest BCUT2D eigenvalue weighted by Gasteiger charge is 2.46. The van der Waals surface area contributed by atoms with E-state index >= 15 is 0 Å². The molecule has 5 atom stereocenters. The quantitative estimate of drug-likeness (QED) is 0.199. The SMILES string of the molecule is CCC(O)(C(=O)N[C@@H](Cc1ccccc1)[C@H](O)CNC[C@@H](O)[C@H](Cc1ccccc1)N(C(=O)O)C(C)(C)C)C(C)(C)C. The van der Waals surface area contributed by atoms with Crippen molar-refractivity contribution in [2.24, 2.45) is 5.41 Å². The van der Waals surface area contributed by atoms with E-state index in [-0.39, 0.29) is 19.5 Å². The maximum atomic E-state index is 13.3. The minimum absolute atomic E-state index is 0.0152. The maximum Gasteiger partial charge on any atom is 0.408 e. The minimum Gasteiger partial charge on any atom is -0.465 e. The summed E-state index contributed by atoms with van der Waals surface area (Å²) >= 11 is 0. The van der Waals surface area contributed by atoms with Gasteiger partial charge in [0.2, 0.25) is 0 Å².